The number of hydrogen-bond donors (Lipinski definition) is 0. The number of thiophene rings is 1. The molecule has 2 aromatic heterocycles. The van der Waals surface area contributed by atoms with Crippen LogP contribution in [0.1, 0.15) is 21.9 Å². The van der Waals surface area contributed by atoms with E-state index in [1.54, 1.807) is 19.1 Å². The summed E-state index contributed by atoms with van der Waals surface area (Å²) in [6.45, 7) is 4.68. The number of benzene rings is 1. The average Bonchev–Trinajstić information content (AvgIpc) is 3.17. The second-order valence-electron chi connectivity index (χ2n) is 6.76. The van der Waals surface area contributed by atoms with Crippen LogP contribution < -0.4 is 9.47 Å². The van der Waals surface area contributed by atoms with Crippen LogP contribution in [-0.2, 0) is 11.3 Å². The van der Waals surface area contributed by atoms with Crippen molar-refractivity contribution < 1.29 is 14.3 Å². The lowest BCUT2D eigenvalue weighted by atomic mass is 9.84. The fourth-order valence-electron chi connectivity index (χ4n) is 3.87. The van der Waals surface area contributed by atoms with Crippen LogP contribution in [0.15, 0.2) is 49.3 Å². The van der Waals surface area contributed by atoms with E-state index in [1.165, 1.54) is 23.7 Å². The van der Waals surface area contributed by atoms with Gasteiger partial charge in [-0.3, -0.25) is 4.79 Å². The molecule has 0 saturated carbocycles. The van der Waals surface area contributed by atoms with Crippen molar-refractivity contribution in [2.24, 2.45) is 0 Å². The largest absolute Gasteiger partial charge is 0.480 e. The Morgan fingerprint density at radius 1 is 1.23 bits per heavy atom. The van der Waals surface area contributed by atoms with Gasteiger partial charge in [0.15, 0.2) is 0 Å². The summed E-state index contributed by atoms with van der Waals surface area (Å²) < 4.78 is 11.7. The molecule has 0 N–H and O–H groups in total. The normalized spacial score (nSPS) is 15.4. The van der Waals surface area contributed by atoms with E-state index < -0.39 is 0 Å². The Labute approximate surface area is 183 Å². The maximum absolute atomic E-state index is 12.4. The van der Waals surface area contributed by atoms with E-state index in [-0.39, 0.29) is 11.8 Å². The van der Waals surface area contributed by atoms with Crippen LogP contribution in [0.25, 0.3) is 11.1 Å². The lowest BCUT2D eigenvalue weighted by Gasteiger charge is -2.33. The molecule has 8 heteroatoms. The maximum Gasteiger partial charge on any atom is 0.246 e. The number of aromatic nitrogens is 2. The zero-order valence-electron chi connectivity index (χ0n) is 16.6. The third-order valence-electron chi connectivity index (χ3n) is 5.18. The van der Waals surface area contributed by atoms with Gasteiger partial charge in [-0.2, -0.15) is 0 Å². The van der Waals surface area contributed by atoms with E-state index in [2.05, 4.69) is 16.5 Å². The SMILES string of the molecule is C=CC(=O)N1Cc2sc(Cl)cc2[C@@H](c2ccccc2-c2c(OC)ncnc2OC)C1. The van der Waals surface area contributed by atoms with Crippen molar-refractivity contribution in [3.05, 3.63) is 69.7 Å². The minimum absolute atomic E-state index is 0.0766. The topological polar surface area (TPSA) is 64.6 Å². The summed E-state index contributed by atoms with van der Waals surface area (Å²) >= 11 is 7.85. The predicted octanol–water partition coefficient (Wildman–Crippen LogP) is 4.54. The van der Waals surface area contributed by atoms with Crippen LogP contribution in [0, 0.1) is 0 Å². The van der Waals surface area contributed by atoms with Crippen LogP contribution in [0.5, 0.6) is 11.8 Å². The monoisotopic (exact) mass is 441 g/mol. The van der Waals surface area contributed by atoms with Gasteiger partial charge in [-0.15, -0.1) is 11.3 Å². The number of ether oxygens (including phenoxy) is 2. The molecule has 0 fully saturated rings. The first kappa shape index (κ1) is 20.4. The Kier molecular flexibility index (Phi) is 5.74. The summed E-state index contributed by atoms with van der Waals surface area (Å²) in [5.74, 6) is 0.665. The highest BCUT2D eigenvalue weighted by molar-refractivity contribution is 7.16. The Bertz CT molecular complexity index is 1090. The van der Waals surface area contributed by atoms with Crippen LogP contribution in [-0.4, -0.2) is 41.5 Å². The molecule has 3 aromatic rings. The van der Waals surface area contributed by atoms with E-state index in [9.17, 15) is 4.79 Å². The lowest BCUT2D eigenvalue weighted by Crippen LogP contribution is -2.37. The molecule has 0 bridgehead atoms. The Balaban J connectivity index is 1.91. The van der Waals surface area contributed by atoms with Crippen molar-refractivity contribution in [3.63, 3.8) is 0 Å². The number of nitrogens with zero attached hydrogens (tertiary/aromatic N) is 3. The van der Waals surface area contributed by atoms with E-state index in [4.69, 9.17) is 21.1 Å². The van der Waals surface area contributed by atoms with Gasteiger partial charge in [0.2, 0.25) is 17.7 Å². The molecule has 1 amide bonds. The molecule has 4 rings (SSSR count). The van der Waals surface area contributed by atoms with Gasteiger partial charge in [-0.25, -0.2) is 9.97 Å². The third-order valence-corrected chi connectivity index (χ3v) is 6.45. The smallest absolute Gasteiger partial charge is 0.246 e. The molecule has 1 aliphatic rings. The summed E-state index contributed by atoms with van der Waals surface area (Å²) in [7, 11) is 3.13. The molecule has 3 heterocycles. The molecule has 0 aliphatic carbocycles. The second-order valence-corrected chi connectivity index (χ2v) is 8.53. The first-order chi connectivity index (χ1) is 14.6. The molecule has 1 aliphatic heterocycles. The number of carbonyl (C=O) groups is 1. The molecular weight excluding hydrogens is 422 g/mol. The van der Waals surface area contributed by atoms with E-state index in [0.717, 1.165) is 21.6 Å². The number of fused-ring (bicyclic) bond motifs is 1. The van der Waals surface area contributed by atoms with Crippen molar-refractivity contribution >= 4 is 28.8 Å². The summed E-state index contributed by atoms with van der Waals surface area (Å²) in [6.07, 6.45) is 2.76. The van der Waals surface area contributed by atoms with Gasteiger partial charge in [-0.1, -0.05) is 42.4 Å². The standard InChI is InChI=1S/C22H20ClN3O3S/c1-4-19(27)26-10-16(15-9-18(23)30-17(15)11-26)13-7-5-6-8-14(13)20-21(28-2)24-12-25-22(20)29-3/h4-9,12,16H,1,10-11H2,2-3H3/t16-/m1/s1. The molecule has 6 nitrogen and oxygen atoms in total. The molecule has 0 saturated heterocycles. The van der Waals surface area contributed by atoms with Crippen LogP contribution in [0.2, 0.25) is 4.34 Å². The van der Waals surface area contributed by atoms with Gasteiger partial charge in [0, 0.05) is 17.3 Å². The molecule has 1 atom stereocenters. The van der Waals surface area contributed by atoms with Crippen molar-refractivity contribution in [2.45, 2.75) is 12.5 Å². The van der Waals surface area contributed by atoms with Crippen LogP contribution in [0.3, 0.4) is 0 Å². The van der Waals surface area contributed by atoms with Gasteiger partial charge in [0.25, 0.3) is 0 Å². The Morgan fingerprint density at radius 3 is 2.60 bits per heavy atom. The number of rotatable bonds is 5. The fraction of sp³-hybridized carbons (Fsp3) is 0.227. The number of halogens is 1. The van der Waals surface area contributed by atoms with Crippen LogP contribution in [0.4, 0.5) is 0 Å². The maximum atomic E-state index is 12.4. The molecular formula is C22H20ClN3O3S. The molecule has 0 radical (unpaired) electrons. The highest BCUT2D eigenvalue weighted by atomic mass is 35.5. The highest BCUT2D eigenvalue weighted by Gasteiger charge is 2.32. The minimum atomic E-state index is -0.106. The zero-order chi connectivity index (χ0) is 21.3. The van der Waals surface area contributed by atoms with Crippen molar-refractivity contribution in [1.29, 1.82) is 0 Å². The van der Waals surface area contributed by atoms with Gasteiger partial charge < -0.3 is 14.4 Å². The van der Waals surface area contributed by atoms with Gasteiger partial charge >= 0.3 is 0 Å². The average molecular weight is 442 g/mol. The van der Waals surface area contributed by atoms with Gasteiger partial charge in [0.1, 0.15) is 11.9 Å². The van der Waals surface area contributed by atoms with Gasteiger partial charge in [-0.05, 0) is 28.8 Å². The second kappa shape index (κ2) is 8.45. The minimum Gasteiger partial charge on any atom is -0.480 e. The number of amides is 1. The Morgan fingerprint density at radius 2 is 1.93 bits per heavy atom. The summed E-state index contributed by atoms with van der Waals surface area (Å²) in [4.78, 5) is 23.8. The molecule has 0 spiro atoms. The number of carbonyl (C=O) groups excluding carboxylic acids is 1. The zero-order valence-corrected chi connectivity index (χ0v) is 18.2. The summed E-state index contributed by atoms with van der Waals surface area (Å²) in [5, 5.41) is 0. The number of hydrogen-bond acceptors (Lipinski definition) is 6. The van der Waals surface area contributed by atoms with Crippen molar-refractivity contribution in [2.75, 3.05) is 20.8 Å². The lowest BCUT2D eigenvalue weighted by molar-refractivity contribution is -0.127. The summed E-state index contributed by atoms with van der Waals surface area (Å²) in [6, 6.07) is 9.95. The van der Waals surface area contributed by atoms with Gasteiger partial charge in [0.05, 0.1) is 25.1 Å². The number of methoxy groups -OCH3 is 2. The van der Waals surface area contributed by atoms with E-state index >= 15 is 0 Å². The first-order valence-electron chi connectivity index (χ1n) is 9.29. The molecule has 1 aromatic carbocycles. The van der Waals surface area contributed by atoms with Crippen LogP contribution >= 0.6 is 22.9 Å². The molecule has 0 unspecified atom stereocenters. The molecule has 30 heavy (non-hydrogen) atoms. The van der Waals surface area contributed by atoms with Crippen molar-refractivity contribution in [3.8, 4) is 22.9 Å². The Hall–Kier alpha value is -2.90. The molecule has 154 valence electrons. The van der Waals surface area contributed by atoms with Crippen molar-refractivity contribution in [1.82, 2.24) is 14.9 Å². The highest BCUT2D eigenvalue weighted by Crippen LogP contribution is 2.45. The van der Waals surface area contributed by atoms with E-state index in [1.807, 2.05) is 30.3 Å². The predicted molar refractivity (Wildman–Crippen MR) is 117 cm³/mol. The quantitative estimate of drug-likeness (QED) is 0.544. The van der Waals surface area contributed by atoms with E-state index in [0.29, 0.717) is 34.7 Å². The summed E-state index contributed by atoms with van der Waals surface area (Å²) in [5.41, 5.74) is 3.70. The third kappa shape index (κ3) is 3.55. The first-order valence-corrected chi connectivity index (χ1v) is 10.5. The fourth-order valence-corrected chi connectivity index (χ4v) is 5.23.